The molecule has 1 N–H and O–H groups in total. The van der Waals surface area contributed by atoms with E-state index in [9.17, 15) is 36.5 Å². The summed E-state index contributed by atoms with van der Waals surface area (Å²) in [6.45, 7) is 4.72. The minimum atomic E-state index is -3.99. The van der Waals surface area contributed by atoms with Crippen LogP contribution in [0.25, 0.3) is 0 Å². The van der Waals surface area contributed by atoms with Gasteiger partial charge in [-0.25, -0.2) is 21.6 Å². The smallest absolute Gasteiger partial charge is 0.312 e. The highest BCUT2D eigenvalue weighted by atomic mass is 32.2. The monoisotopic (exact) mass is 475 g/mol. The lowest BCUT2D eigenvalue weighted by Gasteiger charge is -2.19. The highest BCUT2D eigenvalue weighted by Gasteiger charge is 2.28. The molecule has 2 aromatic rings. The first-order valence-electron chi connectivity index (χ1n) is 9.33. The normalized spacial score (nSPS) is 12.5. The zero-order chi connectivity index (χ0) is 24.2. The van der Waals surface area contributed by atoms with Crippen LogP contribution in [-0.2, 0) is 14.8 Å². The summed E-state index contributed by atoms with van der Waals surface area (Å²) in [6.07, 6.45) is -1.44. The van der Waals surface area contributed by atoms with Crippen molar-refractivity contribution >= 4 is 27.3 Å². The van der Waals surface area contributed by atoms with Crippen LogP contribution in [0.2, 0.25) is 0 Å². The van der Waals surface area contributed by atoms with Gasteiger partial charge in [-0.2, -0.15) is 4.31 Å². The lowest BCUT2D eigenvalue weighted by atomic mass is 10.2. The highest BCUT2D eigenvalue weighted by Crippen LogP contribution is 2.32. The molecule has 13 heteroatoms. The number of nitro benzene ring substituents is 1. The van der Waals surface area contributed by atoms with Crippen LogP contribution in [0.4, 0.5) is 24.5 Å². The van der Waals surface area contributed by atoms with E-state index in [4.69, 9.17) is 4.74 Å². The number of nitrogens with one attached hydrogen (secondary N) is 1. The Morgan fingerprint density at radius 3 is 2.34 bits per heavy atom. The summed E-state index contributed by atoms with van der Waals surface area (Å²) in [5.74, 6) is -6.27. The van der Waals surface area contributed by atoms with E-state index >= 15 is 0 Å². The minimum Gasteiger partial charge on any atom is -0.474 e. The Balaban J connectivity index is 2.29. The molecule has 1 atom stereocenters. The molecule has 0 saturated carbocycles. The van der Waals surface area contributed by atoms with E-state index in [1.54, 1.807) is 13.8 Å². The first-order chi connectivity index (χ1) is 14.9. The van der Waals surface area contributed by atoms with Crippen LogP contribution < -0.4 is 10.1 Å². The number of benzene rings is 2. The quantitative estimate of drug-likeness (QED) is 0.337. The molecule has 0 radical (unpaired) electrons. The zero-order valence-electron chi connectivity index (χ0n) is 17.3. The summed E-state index contributed by atoms with van der Waals surface area (Å²) in [4.78, 5) is 22.5. The third-order valence-electron chi connectivity index (χ3n) is 4.44. The lowest BCUT2D eigenvalue weighted by molar-refractivity contribution is -0.386. The Bertz CT molecular complexity index is 1140. The summed E-state index contributed by atoms with van der Waals surface area (Å²) in [5.41, 5.74) is -1.36. The van der Waals surface area contributed by atoms with Gasteiger partial charge in [-0.05, 0) is 31.2 Å². The third-order valence-corrected chi connectivity index (χ3v) is 6.48. The van der Waals surface area contributed by atoms with E-state index < -0.39 is 61.5 Å². The van der Waals surface area contributed by atoms with Gasteiger partial charge in [-0.3, -0.25) is 14.9 Å². The molecule has 0 bridgehead atoms. The maximum absolute atomic E-state index is 13.7. The number of rotatable bonds is 9. The molecule has 32 heavy (non-hydrogen) atoms. The second-order valence-electron chi connectivity index (χ2n) is 6.45. The van der Waals surface area contributed by atoms with Gasteiger partial charge in [-0.1, -0.05) is 13.8 Å². The molecule has 1 amide bonds. The van der Waals surface area contributed by atoms with Gasteiger partial charge in [-0.15, -0.1) is 0 Å². The van der Waals surface area contributed by atoms with E-state index in [0.717, 1.165) is 28.6 Å². The minimum absolute atomic E-state index is 0.155. The van der Waals surface area contributed by atoms with Crippen molar-refractivity contribution in [2.24, 2.45) is 0 Å². The van der Waals surface area contributed by atoms with E-state index in [1.165, 1.54) is 6.92 Å². The summed E-state index contributed by atoms with van der Waals surface area (Å²) >= 11 is 0. The predicted molar refractivity (Wildman–Crippen MR) is 108 cm³/mol. The molecule has 2 rings (SSSR count). The summed E-state index contributed by atoms with van der Waals surface area (Å²) in [5, 5.41) is 13.5. The average Bonchev–Trinajstić information content (AvgIpc) is 2.74. The molecular weight excluding hydrogens is 455 g/mol. The predicted octanol–water partition coefficient (Wildman–Crippen LogP) is 3.45. The molecular formula is C19H20F3N3O6S. The Morgan fingerprint density at radius 2 is 1.78 bits per heavy atom. The Kier molecular flexibility index (Phi) is 7.80. The maximum Gasteiger partial charge on any atom is 0.312 e. The van der Waals surface area contributed by atoms with E-state index in [1.807, 2.05) is 5.32 Å². The molecule has 0 aromatic heterocycles. The van der Waals surface area contributed by atoms with E-state index in [2.05, 4.69) is 0 Å². The molecule has 9 nitrogen and oxygen atoms in total. The number of sulfonamides is 1. The Hall–Kier alpha value is -3.19. The molecule has 2 aromatic carbocycles. The molecule has 0 aliphatic rings. The molecule has 0 spiro atoms. The Labute approximate surface area is 182 Å². The topological polar surface area (TPSA) is 119 Å². The number of carbonyl (C=O) groups excluding carboxylic acids is 1. The van der Waals surface area contributed by atoms with Gasteiger partial charge in [0.25, 0.3) is 5.91 Å². The van der Waals surface area contributed by atoms with Gasteiger partial charge in [0.1, 0.15) is 0 Å². The first kappa shape index (κ1) is 25.1. The number of nitro groups is 1. The van der Waals surface area contributed by atoms with Crippen molar-refractivity contribution < 1.29 is 36.0 Å². The van der Waals surface area contributed by atoms with Crippen molar-refractivity contribution in [3.8, 4) is 5.75 Å². The number of carbonyl (C=O) groups is 1. The van der Waals surface area contributed by atoms with Crippen LogP contribution >= 0.6 is 0 Å². The molecule has 0 aliphatic heterocycles. The molecule has 0 heterocycles. The number of anilines is 1. The Morgan fingerprint density at radius 1 is 1.16 bits per heavy atom. The zero-order valence-corrected chi connectivity index (χ0v) is 18.1. The van der Waals surface area contributed by atoms with Crippen LogP contribution in [0.5, 0.6) is 5.75 Å². The second-order valence-corrected chi connectivity index (χ2v) is 8.39. The summed E-state index contributed by atoms with van der Waals surface area (Å²) in [6, 6.07) is 4.34. The highest BCUT2D eigenvalue weighted by molar-refractivity contribution is 7.89. The molecule has 174 valence electrons. The fraction of sp³-hybridized carbons (Fsp3) is 0.316. The summed E-state index contributed by atoms with van der Waals surface area (Å²) in [7, 11) is -3.99. The number of hydrogen-bond acceptors (Lipinski definition) is 6. The molecule has 1 unspecified atom stereocenters. The fourth-order valence-electron chi connectivity index (χ4n) is 2.71. The molecule has 0 fully saturated rings. The van der Waals surface area contributed by atoms with Crippen LogP contribution in [-0.4, -0.2) is 42.7 Å². The van der Waals surface area contributed by atoms with Crippen molar-refractivity contribution in [3.05, 3.63) is 57.9 Å². The van der Waals surface area contributed by atoms with Crippen molar-refractivity contribution in [2.75, 3.05) is 18.4 Å². The first-order valence-corrected chi connectivity index (χ1v) is 10.8. The van der Waals surface area contributed by atoms with Crippen LogP contribution in [0.15, 0.2) is 35.2 Å². The largest absolute Gasteiger partial charge is 0.474 e. The summed E-state index contributed by atoms with van der Waals surface area (Å²) < 4.78 is 71.6. The molecule has 0 aliphatic carbocycles. The lowest BCUT2D eigenvalue weighted by Crippen LogP contribution is -2.31. The van der Waals surface area contributed by atoms with Crippen molar-refractivity contribution in [3.63, 3.8) is 0 Å². The van der Waals surface area contributed by atoms with Gasteiger partial charge in [0.05, 0.1) is 15.5 Å². The van der Waals surface area contributed by atoms with E-state index in [-0.39, 0.29) is 18.0 Å². The number of halogens is 3. The standard InChI is InChI=1S/C19H20F3N3O6S/c1-4-24(5-2)32(29,30)12-6-9-16(15(10-12)25(27)28)31-11(3)19(26)23-14-8-7-13(20)17(21)18(14)22/h6-11H,4-5H2,1-3H3,(H,23,26). The fourth-order valence-corrected chi connectivity index (χ4v) is 4.19. The van der Waals surface area contributed by atoms with Gasteiger partial charge < -0.3 is 10.1 Å². The van der Waals surface area contributed by atoms with Gasteiger partial charge in [0, 0.05) is 19.2 Å². The van der Waals surface area contributed by atoms with Gasteiger partial charge in [0.15, 0.2) is 29.3 Å². The SMILES string of the molecule is CCN(CC)S(=O)(=O)c1ccc(OC(C)C(=O)Nc2ccc(F)c(F)c2F)c([N+](=O)[O-])c1. The van der Waals surface area contributed by atoms with E-state index in [0.29, 0.717) is 6.07 Å². The average molecular weight is 475 g/mol. The number of amides is 1. The number of hydrogen-bond donors (Lipinski definition) is 1. The second kappa shape index (κ2) is 9.96. The number of ether oxygens (including phenoxy) is 1. The molecule has 0 saturated heterocycles. The number of nitrogens with zero attached hydrogens (tertiary/aromatic N) is 2. The van der Waals surface area contributed by atoms with Crippen LogP contribution in [0, 0.1) is 27.6 Å². The third kappa shape index (κ3) is 5.16. The van der Waals surface area contributed by atoms with Crippen molar-refractivity contribution in [1.82, 2.24) is 4.31 Å². The van der Waals surface area contributed by atoms with Crippen molar-refractivity contribution in [2.45, 2.75) is 31.8 Å². The van der Waals surface area contributed by atoms with Gasteiger partial charge >= 0.3 is 5.69 Å². The van der Waals surface area contributed by atoms with Crippen molar-refractivity contribution in [1.29, 1.82) is 0 Å². The maximum atomic E-state index is 13.7. The van der Waals surface area contributed by atoms with Crippen LogP contribution in [0.3, 0.4) is 0 Å². The van der Waals surface area contributed by atoms with Gasteiger partial charge in [0.2, 0.25) is 10.0 Å². The van der Waals surface area contributed by atoms with Crippen LogP contribution in [0.1, 0.15) is 20.8 Å².